The summed E-state index contributed by atoms with van der Waals surface area (Å²) in [6.07, 6.45) is 0. The number of para-hydroxylation sites is 1. The number of aryl methyl sites for hydroxylation is 1. The van der Waals surface area contributed by atoms with Crippen LogP contribution in [0.15, 0.2) is 29.3 Å². The van der Waals surface area contributed by atoms with Crippen molar-refractivity contribution in [3.8, 4) is 6.07 Å². The van der Waals surface area contributed by atoms with Gasteiger partial charge >= 0.3 is 0 Å². The fraction of sp³-hybridized carbons (Fsp3) is 0.350. The van der Waals surface area contributed by atoms with Crippen molar-refractivity contribution in [3.05, 3.63) is 52.2 Å². The first-order chi connectivity index (χ1) is 11.8. The Morgan fingerprint density at radius 2 is 1.92 bits per heavy atom. The summed E-state index contributed by atoms with van der Waals surface area (Å²) in [6, 6.07) is 10.0. The molecular formula is C20H23N3OS. The number of carbonyl (C=O) groups excluding carboxylic acids is 1. The molecule has 0 atom stereocenters. The molecule has 1 amide bonds. The van der Waals surface area contributed by atoms with Crippen LogP contribution < -0.4 is 5.32 Å². The number of carbonyl (C=O) groups is 1. The number of amides is 1. The third-order valence-electron chi connectivity index (χ3n) is 4.27. The van der Waals surface area contributed by atoms with E-state index in [0.717, 1.165) is 28.1 Å². The first kappa shape index (κ1) is 19.0. The first-order valence-electron chi connectivity index (χ1n) is 8.24. The lowest BCUT2D eigenvalue weighted by atomic mass is 10.0. The minimum atomic E-state index is -0.0975. The van der Waals surface area contributed by atoms with E-state index in [9.17, 15) is 10.1 Å². The van der Waals surface area contributed by atoms with Gasteiger partial charge in [0.05, 0.1) is 11.3 Å². The molecule has 25 heavy (non-hydrogen) atoms. The second-order valence-corrected chi connectivity index (χ2v) is 7.28. The van der Waals surface area contributed by atoms with Gasteiger partial charge in [0, 0.05) is 11.4 Å². The van der Waals surface area contributed by atoms with Gasteiger partial charge in [-0.25, -0.2) is 4.98 Å². The van der Waals surface area contributed by atoms with Gasteiger partial charge < -0.3 is 5.32 Å². The number of nitrogens with zero attached hydrogens (tertiary/aromatic N) is 2. The Morgan fingerprint density at radius 1 is 1.24 bits per heavy atom. The van der Waals surface area contributed by atoms with Gasteiger partial charge in [0.25, 0.3) is 0 Å². The van der Waals surface area contributed by atoms with Crippen molar-refractivity contribution in [1.82, 2.24) is 4.98 Å². The molecule has 2 rings (SSSR count). The molecule has 1 heterocycles. The average molecular weight is 353 g/mol. The van der Waals surface area contributed by atoms with Gasteiger partial charge in [-0.2, -0.15) is 5.26 Å². The number of rotatable bonds is 5. The minimum Gasteiger partial charge on any atom is -0.325 e. The Bertz CT molecular complexity index is 838. The highest BCUT2D eigenvalue weighted by atomic mass is 32.2. The fourth-order valence-electron chi connectivity index (χ4n) is 2.58. The van der Waals surface area contributed by atoms with Crippen molar-refractivity contribution in [3.63, 3.8) is 0 Å². The molecule has 0 bridgehead atoms. The number of benzene rings is 1. The van der Waals surface area contributed by atoms with Crippen LogP contribution in [0.1, 0.15) is 47.7 Å². The number of nitrogens with one attached hydrogen (secondary N) is 1. The molecule has 0 fully saturated rings. The summed E-state index contributed by atoms with van der Waals surface area (Å²) in [5, 5.41) is 13.0. The molecule has 1 aromatic heterocycles. The number of thioether (sulfide) groups is 1. The molecule has 5 heteroatoms. The van der Waals surface area contributed by atoms with Crippen LogP contribution in [0, 0.1) is 32.1 Å². The standard InChI is InChI=1S/C20H23N3OS/c1-12(2)16-8-6-7-9-18(16)23-19(24)11-25-20-17(10-21)14(4)13(3)15(5)22-20/h6-9,12H,11H2,1-5H3,(H,23,24). The normalized spacial score (nSPS) is 10.6. The summed E-state index contributed by atoms with van der Waals surface area (Å²) in [4.78, 5) is 16.8. The zero-order valence-electron chi connectivity index (χ0n) is 15.3. The number of hydrogen-bond acceptors (Lipinski definition) is 4. The van der Waals surface area contributed by atoms with Crippen LogP contribution in [-0.4, -0.2) is 16.6 Å². The van der Waals surface area contributed by atoms with Crippen LogP contribution in [0.2, 0.25) is 0 Å². The fourth-order valence-corrected chi connectivity index (χ4v) is 3.47. The highest BCUT2D eigenvalue weighted by molar-refractivity contribution is 8.00. The quantitative estimate of drug-likeness (QED) is 0.789. The van der Waals surface area contributed by atoms with E-state index < -0.39 is 0 Å². The van der Waals surface area contributed by atoms with Crippen LogP contribution in [-0.2, 0) is 4.79 Å². The third-order valence-corrected chi connectivity index (χ3v) is 5.25. The molecule has 130 valence electrons. The Kier molecular flexibility index (Phi) is 6.22. The lowest BCUT2D eigenvalue weighted by Gasteiger charge is -2.14. The topological polar surface area (TPSA) is 65.8 Å². The smallest absolute Gasteiger partial charge is 0.234 e. The van der Waals surface area contributed by atoms with Gasteiger partial charge in [0.2, 0.25) is 5.91 Å². The van der Waals surface area contributed by atoms with Gasteiger partial charge in [-0.05, 0) is 49.4 Å². The van der Waals surface area contributed by atoms with E-state index in [2.05, 4.69) is 30.2 Å². The summed E-state index contributed by atoms with van der Waals surface area (Å²) in [7, 11) is 0. The average Bonchev–Trinajstić information content (AvgIpc) is 2.58. The van der Waals surface area contributed by atoms with Crippen molar-refractivity contribution in [2.24, 2.45) is 0 Å². The van der Waals surface area contributed by atoms with Crippen LogP contribution in [0.25, 0.3) is 0 Å². The summed E-state index contributed by atoms with van der Waals surface area (Å²) in [6.45, 7) is 10.0. The predicted molar refractivity (Wildman–Crippen MR) is 103 cm³/mol. The summed E-state index contributed by atoms with van der Waals surface area (Å²) in [5.41, 5.74) is 5.36. The Balaban J connectivity index is 2.13. The van der Waals surface area contributed by atoms with Gasteiger partial charge in [0.15, 0.2) is 0 Å². The molecule has 0 aliphatic carbocycles. The Labute approximate surface area is 153 Å². The van der Waals surface area contributed by atoms with E-state index in [0.29, 0.717) is 16.5 Å². The zero-order chi connectivity index (χ0) is 18.6. The van der Waals surface area contributed by atoms with E-state index in [-0.39, 0.29) is 11.7 Å². The zero-order valence-corrected chi connectivity index (χ0v) is 16.1. The van der Waals surface area contributed by atoms with E-state index in [1.807, 2.05) is 45.0 Å². The monoisotopic (exact) mass is 353 g/mol. The Hall–Kier alpha value is -2.32. The van der Waals surface area contributed by atoms with E-state index in [4.69, 9.17) is 0 Å². The van der Waals surface area contributed by atoms with E-state index in [1.54, 1.807) is 0 Å². The van der Waals surface area contributed by atoms with Crippen LogP contribution >= 0.6 is 11.8 Å². The number of pyridine rings is 1. The second-order valence-electron chi connectivity index (χ2n) is 6.32. The van der Waals surface area contributed by atoms with Crippen LogP contribution in [0.3, 0.4) is 0 Å². The van der Waals surface area contributed by atoms with Gasteiger partial charge in [-0.1, -0.05) is 43.8 Å². The maximum atomic E-state index is 12.4. The lowest BCUT2D eigenvalue weighted by Crippen LogP contribution is -2.16. The molecular weight excluding hydrogens is 330 g/mol. The molecule has 4 nitrogen and oxygen atoms in total. The number of aromatic nitrogens is 1. The first-order valence-corrected chi connectivity index (χ1v) is 9.23. The van der Waals surface area contributed by atoms with Gasteiger partial charge in [-0.3, -0.25) is 4.79 Å². The highest BCUT2D eigenvalue weighted by Gasteiger charge is 2.15. The highest BCUT2D eigenvalue weighted by Crippen LogP contribution is 2.27. The maximum absolute atomic E-state index is 12.4. The van der Waals surface area contributed by atoms with Crippen molar-refractivity contribution in [2.75, 3.05) is 11.1 Å². The van der Waals surface area contributed by atoms with Gasteiger partial charge in [0.1, 0.15) is 11.1 Å². The molecule has 0 aliphatic heterocycles. The van der Waals surface area contributed by atoms with Crippen LogP contribution in [0.5, 0.6) is 0 Å². The molecule has 1 N–H and O–H groups in total. The van der Waals surface area contributed by atoms with Crippen molar-refractivity contribution in [1.29, 1.82) is 5.26 Å². The largest absolute Gasteiger partial charge is 0.325 e. The van der Waals surface area contributed by atoms with Crippen LogP contribution in [0.4, 0.5) is 5.69 Å². The SMILES string of the molecule is Cc1nc(SCC(=O)Nc2ccccc2C(C)C)c(C#N)c(C)c1C. The number of hydrogen-bond donors (Lipinski definition) is 1. The summed E-state index contributed by atoms with van der Waals surface area (Å²) in [5.74, 6) is 0.453. The molecule has 0 spiro atoms. The molecule has 0 saturated carbocycles. The lowest BCUT2D eigenvalue weighted by molar-refractivity contribution is -0.113. The van der Waals surface area contributed by atoms with Crippen molar-refractivity contribution >= 4 is 23.4 Å². The molecule has 0 radical (unpaired) electrons. The molecule has 1 aromatic carbocycles. The van der Waals surface area contributed by atoms with E-state index >= 15 is 0 Å². The Morgan fingerprint density at radius 3 is 2.56 bits per heavy atom. The molecule has 2 aromatic rings. The van der Waals surface area contributed by atoms with Crippen molar-refractivity contribution in [2.45, 2.75) is 45.6 Å². The third kappa shape index (κ3) is 4.40. The minimum absolute atomic E-state index is 0.0975. The van der Waals surface area contributed by atoms with Crippen molar-refractivity contribution < 1.29 is 4.79 Å². The number of anilines is 1. The second kappa shape index (κ2) is 8.17. The molecule has 0 aliphatic rings. The summed E-state index contributed by atoms with van der Waals surface area (Å²) >= 11 is 1.30. The maximum Gasteiger partial charge on any atom is 0.234 e. The van der Waals surface area contributed by atoms with Gasteiger partial charge in [-0.15, -0.1) is 0 Å². The summed E-state index contributed by atoms with van der Waals surface area (Å²) < 4.78 is 0. The molecule has 0 unspecified atom stereocenters. The number of nitriles is 1. The molecule has 0 saturated heterocycles. The van der Waals surface area contributed by atoms with E-state index in [1.165, 1.54) is 11.8 Å². The predicted octanol–water partition coefficient (Wildman–Crippen LogP) is 4.73.